The molecule has 1 N–H and O–H groups in total. The first-order chi connectivity index (χ1) is 11.4. The minimum absolute atomic E-state index is 0.0502. The summed E-state index contributed by atoms with van der Waals surface area (Å²) in [6.07, 6.45) is 0.00649. The molecule has 1 aliphatic heterocycles. The number of halogens is 3. The van der Waals surface area contributed by atoms with Crippen LogP contribution in [0.15, 0.2) is 30.9 Å². The van der Waals surface area contributed by atoms with Gasteiger partial charge in [0, 0.05) is 19.7 Å². The molecule has 1 aliphatic rings. The van der Waals surface area contributed by atoms with Gasteiger partial charge in [-0.25, -0.2) is 4.98 Å². The molecule has 3 rings (SSSR count). The van der Waals surface area contributed by atoms with Crippen LogP contribution in [0.4, 0.5) is 18.3 Å². The number of alkyl halides is 3. The Morgan fingerprint density at radius 3 is 2.62 bits per heavy atom. The monoisotopic (exact) mass is 356 g/mol. The number of fused-ring (bicyclic) bond motifs is 1. The molecule has 1 saturated heterocycles. The van der Waals surface area contributed by atoms with Crippen LogP contribution in [0.2, 0.25) is 0 Å². The molecule has 0 radical (unpaired) electrons. The summed E-state index contributed by atoms with van der Waals surface area (Å²) in [6.45, 7) is 5.55. The quantitative estimate of drug-likeness (QED) is 0.821. The second-order valence-electron chi connectivity index (χ2n) is 6.20. The summed E-state index contributed by atoms with van der Waals surface area (Å²) < 4.78 is 39.0. The van der Waals surface area contributed by atoms with Crippen molar-refractivity contribution in [3.8, 4) is 0 Å². The van der Waals surface area contributed by atoms with Gasteiger partial charge in [0.15, 0.2) is 5.13 Å². The van der Waals surface area contributed by atoms with Crippen molar-refractivity contribution in [1.29, 1.82) is 0 Å². The molecule has 24 heavy (non-hydrogen) atoms. The van der Waals surface area contributed by atoms with E-state index >= 15 is 0 Å². The Bertz CT molecular complexity index is 733. The van der Waals surface area contributed by atoms with Gasteiger partial charge in [-0.05, 0) is 42.9 Å². The van der Waals surface area contributed by atoms with E-state index in [4.69, 9.17) is 0 Å². The van der Waals surface area contributed by atoms with Gasteiger partial charge in [-0.15, -0.1) is 6.58 Å². The fourth-order valence-electron chi connectivity index (χ4n) is 3.15. The number of anilines is 1. The molecule has 0 unspecified atom stereocenters. The van der Waals surface area contributed by atoms with E-state index in [1.807, 2.05) is 6.08 Å². The van der Waals surface area contributed by atoms with Crippen molar-refractivity contribution >= 4 is 26.7 Å². The molecule has 1 aromatic carbocycles. The summed E-state index contributed by atoms with van der Waals surface area (Å²) in [5, 5.41) is 9.98. The number of aliphatic hydroxyl groups is 1. The lowest BCUT2D eigenvalue weighted by molar-refractivity contribution is -0.137. The van der Waals surface area contributed by atoms with Crippen LogP contribution in [-0.4, -0.2) is 29.8 Å². The maximum atomic E-state index is 12.8. The molecule has 0 amide bonds. The lowest BCUT2D eigenvalue weighted by atomic mass is 9.76. The van der Waals surface area contributed by atoms with Gasteiger partial charge in [-0.2, -0.15) is 13.2 Å². The Morgan fingerprint density at radius 1 is 1.33 bits per heavy atom. The zero-order chi connectivity index (χ0) is 17.4. The summed E-state index contributed by atoms with van der Waals surface area (Å²) >= 11 is 1.29. The predicted octanol–water partition coefficient (Wildman–Crippen LogP) is 4.47. The number of nitrogens with zero attached hydrogens (tertiary/aromatic N) is 2. The Balaban J connectivity index is 1.80. The summed E-state index contributed by atoms with van der Waals surface area (Å²) in [5.41, 5.74) is -0.0952. The van der Waals surface area contributed by atoms with Crippen molar-refractivity contribution in [3.05, 3.63) is 36.4 Å². The molecule has 0 aliphatic carbocycles. The Labute approximate surface area is 142 Å². The lowest BCUT2D eigenvalue weighted by Gasteiger charge is -2.39. The van der Waals surface area contributed by atoms with Crippen molar-refractivity contribution in [2.45, 2.75) is 25.4 Å². The highest BCUT2D eigenvalue weighted by molar-refractivity contribution is 7.22. The zero-order valence-electron chi connectivity index (χ0n) is 13.1. The molecule has 0 spiro atoms. The van der Waals surface area contributed by atoms with Gasteiger partial charge in [-0.1, -0.05) is 17.4 Å². The lowest BCUT2D eigenvalue weighted by Crippen LogP contribution is -2.39. The van der Waals surface area contributed by atoms with Gasteiger partial charge in [-0.3, -0.25) is 0 Å². The molecular formula is C17H19F3N2OS. The van der Waals surface area contributed by atoms with Crippen LogP contribution in [0.1, 0.15) is 24.8 Å². The maximum absolute atomic E-state index is 12.8. The Kier molecular flexibility index (Phi) is 4.57. The minimum Gasteiger partial charge on any atom is -0.396 e. The van der Waals surface area contributed by atoms with Crippen LogP contribution in [0.3, 0.4) is 0 Å². The van der Waals surface area contributed by atoms with Gasteiger partial charge >= 0.3 is 6.18 Å². The average Bonchev–Trinajstić information content (AvgIpc) is 2.98. The first kappa shape index (κ1) is 17.2. The standard InChI is InChI=1S/C17H19F3N2OS/c1-2-16(7-10-23)5-8-22(9-6-16)15-21-13-4-3-12(17(18,19)20)11-14(13)24-15/h2-4,11,23H,1,5-10H2. The van der Waals surface area contributed by atoms with E-state index in [-0.39, 0.29) is 12.0 Å². The van der Waals surface area contributed by atoms with E-state index in [0.29, 0.717) is 16.6 Å². The number of hydrogen-bond donors (Lipinski definition) is 1. The number of benzene rings is 1. The van der Waals surface area contributed by atoms with E-state index in [0.717, 1.165) is 37.1 Å². The maximum Gasteiger partial charge on any atom is 0.416 e. The molecular weight excluding hydrogens is 337 g/mol. The van der Waals surface area contributed by atoms with Crippen molar-refractivity contribution in [2.75, 3.05) is 24.6 Å². The molecule has 0 atom stereocenters. The number of thiazole rings is 1. The van der Waals surface area contributed by atoms with Crippen LogP contribution in [0.5, 0.6) is 0 Å². The molecule has 2 aromatic rings. The van der Waals surface area contributed by atoms with E-state index in [1.54, 1.807) is 0 Å². The van der Waals surface area contributed by atoms with Gasteiger partial charge in [0.25, 0.3) is 0 Å². The van der Waals surface area contributed by atoms with Crippen molar-refractivity contribution in [3.63, 3.8) is 0 Å². The number of allylic oxidation sites excluding steroid dienone is 1. The number of rotatable bonds is 4. The van der Waals surface area contributed by atoms with Gasteiger partial charge < -0.3 is 10.0 Å². The van der Waals surface area contributed by atoms with E-state index in [1.165, 1.54) is 23.5 Å². The summed E-state index contributed by atoms with van der Waals surface area (Å²) in [7, 11) is 0. The summed E-state index contributed by atoms with van der Waals surface area (Å²) in [4.78, 5) is 6.59. The summed E-state index contributed by atoms with van der Waals surface area (Å²) in [5.74, 6) is 0. The highest BCUT2D eigenvalue weighted by atomic mass is 32.1. The van der Waals surface area contributed by atoms with E-state index in [9.17, 15) is 18.3 Å². The Hall–Kier alpha value is -1.60. The van der Waals surface area contributed by atoms with Crippen molar-refractivity contribution in [1.82, 2.24) is 4.98 Å². The van der Waals surface area contributed by atoms with Crippen molar-refractivity contribution in [2.24, 2.45) is 5.41 Å². The minimum atomic E-state index is -4.34. The zero-order valence-corrected chi connectivity index (χ0v) is 14.0. The molecule has 7 heteroatoms. The Morgan fingerprint density at radius 2 is 2.04 bits per heavy atom. The molecule has 2 heterocycles. The van der Waals surface area contributed by atoms with Crippen molar-refractivity contribution < 1.29 is 18.3 Å². The molecule has 0 saturated carbocycles. The van der Waals surface area contributed by atoms with Crippen LogP contribution in [-0.2, 0) is 6.18 Å². The van der Waals surface area contributed by atoms with Gasteiger partial charge in [0.05, 0.1) is 15.8 Å². The summed E-state index contributed by atoms with van der Waals surface area (Å²) in [6, 6.07) is 3.67. The largest absolute Gasteiger partial charge is 0.416 e. The van der Waals surface area contributed by atoms with Crippen LogP contribution in [0.25, 0.3) is 10.2 Å². The number of hydrogen-bond acceptors (Lipinski definition) is 4. The smallest absolute Gasteiger partial charge is 0.396 e. The topological polar surface area (TPSA) is 36.4 Å². The second-order valence-corrected chi connectivity index (χ2v) is 7.21. The SMILES string of the molecule is C=CC1(CCO)CCN(c2nc3ccc(C(F)(F)F)cc3s2)CC1. The second kappa shape index (κ2) is 6.37. The highest BCUT2D eigenvalue weighted by Gasteiger charge is 2.33. The predicted molar refractivity (Wildman–Crippen MR) is 90.4 cm³/mol. The third-order valence-electron chi connectivity index (χ3n) is 4.78. The van der Waals surface area contributed by atoms with Crippen LogP contribution in [0, 0.1) is 5.41 Å². The van der Waals surface area contributed by atoms with Gasteiger partial charge in [0.1, 0.15) is 0 Å². The highest BCUT2D eigenvalue weighted by Crippen LogP contribution is 2.40. The number of aliphatic hydroxyl groups excluding tert-OH is 1. The first-order valence-corrected chi connectivity index (χ1v) is 8.66. The van der Waals surface area contributed by atoms with Gasteiger partial charge in [0.2, 0.25) is 0 Å². The van der Waals surface area contributed by atoms with E-state index < -0.39 is 11.7 Å². The molecule has 1 aromatic heterocycles. The molecule has 0 bridgehead atoms. The molecule has 1 fully saturated rings. The third-order valence-corrected chi connectivity index (χ3v) is 5.86. The van der Waals surface area contributed by atoms with Crippen LogP contribution < -0.4 is 4.90 Å². The number of piperidine rings is 1. The van der Waals surface area contributed by atoms with Crippen LogP contribution >= 0.6 is 11.3 Å². The first-order valence-electron chi connectivity index (χ1n) is 7.84. The average molecular weight is 356 g/mol. The number of aromatic nitrogens is 1. The molecule has 130 valence electrons. The normalized spacial score (nSPS) is 18.1. The fraction of sp³-hybridized carbons (Fsp3) is 0.471. The molecule has 3 nitrogen and oxygen atoms in total. The third kappa shape index (κ3) is 3.28. The van der Waals surface area contributed by atoms with E-state index in [2.05, 4.69) is 16.5 Å². The fourth-order valence-corrected chi connectivity index (χ4v) is 4.20.